The first kappa shape index (κ1) is 32.9. The van der Waals surface area contributed by atoms with E-state index < -0.39 is 0 Å². The quantitative estimate of drug-likeness (QED) is 0.0638. The summed E-state index contributed by atoms with van der Waals surface area (Å²) in [7, 11) is 0. The standard InChI is InChI=1S/C25H51NS2.Mo.O/c1-3-5-7-9-11-13-15-17-19-21-23-26(25(27)28)24-22-20-18-16-14-12-10-8-6-4-2;;/h3-24H2,1-2H3,(H,27,28);;. The summed E-state index contributed by atoms with van der Waals surface area (Å²) < 4.78 is 9.06. The van der Waals surface area contributed by atoms with Gasteiger partial charge in [0.05, 0.1) is 0 Å². The van der Waals surface area contributed by atoms with Crippen molar-refractivity contribution in [2.45, 2.75) is 142 Å². The van der Waals surface area contributed by atoms with Crippen LogP contribution in [0.5, 0.6) is 0 Å². The first-order valence-electron chi connectivity index (χ1n) is 12.9. The molecule has 0 atom stereocenters. The summed E-state index contributed by atoms with van der Waals surface area (Å²) in [5, 5.41) is 0. The molecule has 0 heterocycles. The molecule has 2 nitrogen and oxygen atoms in total. The molecule has 0 aliphatic heterocycles. The van der Waals surface area contributed by atoms with Gasteiger partial charge in [-0.15, -0.1) is 12.6 Å². The fourth-order valence-electron chi connectivity index (χ4n) is 3.88. The number of rotatable bonds is 22. The SMILES string of the molecule is CCCCCCCCCCCCN(CCCCCCCCCCCC)C(=S)S.[O]=[Mo]. The van der Waals surface area contributed by atoms with Crippen LogP contribution in [0.25, 0.3) is 0 Å². The number of unbranched alkanes of at least 4 members (excludes halogenated alkanes) is 18. The van der Waals surface area contributed by atoms with E-state index in [2.05, 4.69) is 31.4 Å². The van der Waals surface area contributed by atoms with Crippen molar-refractivity contribution < 1.29 is 23.2 Å². The molecule has 0 aliphatic rings. The van der Waals surface area contributed by atoms with E-state index in [-0.39, 0.29) is 0 Å². The van der Waals surface area contributed by atoms with E-state index in [4.69, 9.17) is 15.6 Å². The predicted octanol–water partition coefficient (Wildman–Crippen LogP) is 9.22. The van der Waals surface area contributed by atoms with E-state index >= 15 is 0 Å². The number of nitrogens with zero attached hydrogens (tertiary/aromatic N) is 1. The van der Waals surface area contributed by atoms with Gasteiger partial charge in [0.25, 0.3) is 0 Å². The van der Waals surface area contributed by atoms with Crippen LogP contribution in [-0.2, 0) is 23.2 Å². The summed E-state index contributed by atoms with van der Waals surface area (Å²) in [6.07, 6.45) is 27.8. The van der Waals surface area contributed by atoms with Gasteiger partial charge in [0.1, 0.15) is 4.32 Å². The second-order valence-electron chi connectivity index (χ2n) is 8.63. The average molecular weight is 542 g/mol. The number of thiol groups is 1. The van der Waals surface area contributed by atoms with Crippen LogP contribution >= 0.6 is 24.8 Å². The van der Waals surface area contributed by atoms with Gasteiger partial charge in [0, 0.05) is 13.1 Å². The van der Waals surface area contributed by atoms with Crippen LogP contribution in [0.3, 0.4) is 0 Å². The van der Waals surface area contributed by atoms with Gasteiger partial charge in [-0.1, -0.05) is 142 Å². The fourth-order valence-corrected chi connectivity index (χ4v) is 4.27. The van der Waals surface area contributed by atoms with Crippen LogP contribution in [0.1, 0.15) is 142 Å². The van der Waals surface area contributed by atoms with E-state index in [0.29, 0.717) is 19.8 Å². The summed E-state index contributed by atoms with van der Waals surface area (Å²) in [5.41, 5.74) is 0. The van der Waals surface area contributed by atoms with Crippen LogP contribution in [0.15, 0.2) is 0 Å². The summed E-state index contributed by atoms with van der Waals surface area (Å²) in [4.78, 5) is 2.33. The van der Waals surface area contributed by atoms with Crippen LogP contribution in [-0.4, -0.2) is 22.3 Å². The molecule has 0 aromatic heterocycles. The Morgan fingerprint density at radius 2 is 0.800 bits per heavy atom. The topological polar surface area (TPSA) is 20.3 Å². The normalized spacial score (nSPS) is 10.5. The Hall–Kier alpha value is 0.728. The Morgan fingerprint density at radius 3 is 1.03 bits per heavy atom. The Bertz CT molecular complexity index is 321. The summed E-state index contributed by atoms with van der Waals surface area (Å²) in [6.45, 7) is 6.79. The molecular weight excluding hydrogens is 490 g/mol. The van der Waals surface area contributed by atoms with E-state index in [1.54, 1.807) is 0 Å². The van der Waals surface area contributed by atoms with E-state index in [1.165, 1.54) is 128 Å². The molecule has 0 saturated carbocycles. The van der Waals surface area contributed by atoms with Crippen molar-refractivity contribution in [2.75, 3.05) is 13.1 Å². The molecule has 0 radical (unpaired) electrons. The first-order valence-corrected chi connectivity index (χ1v) is 14.5. The molecule has 0 N–H and O–H groups in total. The van der Waals surface area contributed by atoms with Gasteiger partial charge in [-0.2, -0.15) is 0 Å². The zero-order valence-electron chi connectivity index (χ0n) is 20.2. The molecule has 0 saturated heterocycles. The van der Waals surface area contributed by atoms with Crippen molar-refractivity contribution in [3.63, 3.8) is 0 Å². The molecule has 0 amide bonds. The number of hydrogen-bond acceptors (Lipinski definition) is 2. The van der Waals surface area contributed by atoms with Crippen molar-refractivity contribution in [3.05, 3.63) is 0 Å². The van der Waals surface area contributed by atoms with Gasteiger partial charge in [-0.3, -0.25) is 0 Å². The van der Waals surface area contributed by atoms with Gasteiger partial charge in [0.15, 0.2) is 0 Å². The van der Waals surface area contributed by atoms with Gasteiger partial charge >= 0.3 is 23.2 Å². The molecule has 0 rings (SSSR count). The average Bonchev–Trinajstić information content (AvgIpc) is 2.76. The third-order valence-electron chi connectivity index (χ3n) is 5.83. The second kappa shape index (κ2) is 29.7. The summed E-state index contributed by atoms with van der Waals surface area (Å²) in [5.74, 6) is 0. The first-order chi connectivity index (χ1) is 14.7. The third kappa shape index (κ3) is 26.8. The minimum atomic E-state index is 0.700. The fraction of sp³-hybridized carbons (Fsp3) is 0.960. The van der Waals surface area contributed by atoms with Crippen LogP contribution in [0, 0.1) is 0 Å². The Morgan fingerprint density at radius 1 is 0.567 bits per heavy atom. The van der Waals surface area contributed by atoms with E-state index in [1.807, 2.05) is 0 Å². The van der Waals surface area contributed by atoms with Crippen LogP contribution in [0.2, 0.25) is 0 Å². The molecule has 0 unspecified atom stereocenters. The Labute approximate surface area is 211 Å². The van der Waals surface area contributed by atoms with Crippen LogP contribution < -0.4 is 0 Å². The monoisotopic (exact) mass is 543 g/mol. The molecule has 5 heteroatoms. The number of thiocarbonyl (C=S) groups is 1. The molecule has 30 heavy (non-hydrogen) atoms. The van der Waals surface area contributed by atoms with Gasteiger partial charge in [-0.05, 0) is 12.8 Å². The van der Waals surface area contributed by atoms with Crippen molar-refractivity contribution in [2.24, 2.45) is 0 Å². The molecular formula is C25H51MoNOS2. The van der Waals surface area contributed by atoms with Crippen molar-refractivity contribution in [1.82, 2.24) is 4.90 Å². The maximum absolute atomic E-state index is 8.26. The van der Waals surface area contributed by atoms with E-state index in [9.17, 15) is 0 Å². The molecule has 0 bridgehead atoms. The predicted molar refractivity (Wildman–Crippen MR) is 138 cm³/mol. The summed E-state index contributed by atoms with van der Waals surface area (Å²) >= 11 is 10.5. The van der Waals surface area contributed by atoms with Crippen molar-refractivity contribution in [1.29, 1.82) is 0 Å². The second-order valence-corrected chi connectivity index (χ2v) is 9.75. The molecule has 0 spiro atoms. The minimum absolute atomic E-state index is 0.700. The van der Waals surface area contributed by atoms with Gasteiger partial charge in [-0.25, -0.2) is 0 Å². The molecule has 0 aliphatic carbocycles. The third-order valence-corrected chi connectivity index (χ3v) is 6.37. The van der Waals surface area contributed by atoms with E-state index in [0.717, 1.165) is 17.4 Å². The Kier molecular flexibility index (Phi) is 32.6. The zero-order valence-corrected chi connectivity index (χ0v) is 23.9. The van der Waals surface area contributed by atoms with Crippen molar-refractivity contribution in [3.8, 4) is 0 Å². The molecule has 0 aromatic rings. The number of hydrogen-bond donors (Lipinski definition) is 1. The molecule has 0 aromatic carbocycles. The maximum atomic E-state index is 8.26. The molecule has 180 valence electrons. The summed E-state index contributed by atoms with van der Waals surface area (Å²) in [6, 6.07) is 0. The molecule has 0 fully saturated rings. The van der Waals surface area contributed by atoms with Gasteiger partial charge in [0.2, 0.25) is 0 Å². The van der Waals surface area contributed by atoms with Gasteiger partial charge < -0.3 is 4.90 Å². The zero-order chi connectivity index (χ0) is 22.7. The Balaban J connectivity index is 0. The van der Waals surface area contributed by atoms with Crippen LogP contribution in [0.4, 0.5) is 0 Å². The van der Waals surface area contributed by atoms with Crippen molar-refractivity contribution >= 4 is 29.2 Å².